The van der Waals surface area contributed by atoms with E-state index in [2.05, 4.69) is 6.92 Å². The molecule has 8 heteroatoms. The number of hydrogen-bond donors (Lipinski definition) is 1. The first-order chi connectivity index (χ1) is 16.8. The van der Waals surface area contributed by atoms with E-state index >= 15 is 0 Å². The molecule has 1 fully saturated rings. The number of amides is 1. The van der Waals surface area contributed by atoms with E-state index in [9.17, 15) is 14.7 Å². The molecule has 1 aliphatic heterocycles. The zero-order valence-corrected chi connectivity index (χ0v) is 21.0. The Balaban J connectivity index is 2.06. The molecule has 1 heterocycles. The fourth-order valence-electron chi connectivity index (χ4n) is 3.99. The molecule has 0 spiro atoms. The average Bonchev–Trinajstić information content (AvgIpc) is 3.12. The number of unbranched alkanes of at least 4 members (excludes halogenated alkanes) is 1. The Bertz CT molecular complexity index is 1080. The molecule has 0 aliphatic carbocycles. The predicted molar refractivity (Wildman–Crippen MR) is 134 cm³/mol. The van der Waals surface area contributed by atoms with Gasteiger partial charge in [0.2, 0.25) is 0 Å². The van der Waals surface area contributed by atoms with Crippen molar-refractivity contribution in [1.82, 2.24) is 9.80 Å². The number of likely N-dealkylation sites (N-methyl/N-ethyl adjacent to an activating group) is 1. The first kappa shape index (κ1) is 26.1. The lowest BCUT2D eigenvalue weighted by atomic mass is 9.95. The molecule has 35 heavy (non-hydrogen) atoms. The molecule has 3 rings (SSSR count). The van der Waals surface area contributed by atoms with Gasteiger partial charge in [-0.05, 0) is 62.5 Å². The van der Waals surface area contributed by atoms with Crippen LogP contribution in [0.3, 0.4) is 0 Å². The molecule has 1 N–H and O–H groups in total. The summed E-state index contributed by atoms with van der Waals surface area (Å²) >= 11 is 0. The molecule has 1 atom stereocenters. The van der Waals surface area contributed by atoms with Crippen LogP contribution < -0.4 is 14.2 Å². The van der Waals surface area contributed by atoms with Gasteiger partial charge >= 0.3 is 0 Å². The third kappa shape index (κ3) is 5.77. The lowest BCUT2D eigenvalue weighted by Crippen LogP contribution is -2.35. The number of carbonyl (C=O) groups is 2. The molecular weight excluding hydrogens is 448 g/mol. The number of benzene rings is 2. The van der Waals surface area contributed by atoms with Gasteiger partial charge < -0.3 is 29.1 Å². The number of likely N-dealkylation sites (tertiary alicyclic amines) is 1. The molecule has 2 aromatic carbocycles. The summed E-state index contributed by atoms with van der Waals surface area (Å²) in [6.45, 7) is 3.57. The number of aliphatic hydroxyl groups excluding tert-OH is 1. The van der Waals surface area contributed by atoms with Crippen LogP contribution in [0.25, 0.3) is 5.76 Å². The van der Waals surface area contributed by atoms with Gasteiger partial charge in [0.05, 0.1) is 32.4 Å². The van der Waals surface area contributed by atoms with Crippen LogP contribution in [0.1, 0.15) is 36.9 Å². The second-order valence-electron chi connectivity index (χ2n) is 8.64. The standard InChI is InChI=1S/C27H34N2O6/c1-6-7-16-35-20-11-8-18(9-12-20)25(30)23-24(19-10-13-21(33-4)22(17-19)34-5)29(15-14-28(2)3)27(32)26(23)31/h8-13,17,24,30H,6-7,14-16H2,1-5H3/b25-23+/t24-/m1/s1. The van der Waals surface area contributed by atoms with Crippen LogP contribution in [0.5, 0.6) is 17.2 Å². The van der Waals surface area contributed by atoms with Gasteiger partial charge in [-0.25, -0.2) is 0 Å². The lowest BCUT2D eigenvalue weighted by molar-refractivity contribution is -0.140. The summed E-state index contributed by atoms with van der Waals surface area (Å²) in [7, 11) is 6.85. The number of ether oxygens (including phenoxy) is 3. The Morgan fingerprint density at radius 2 is 1.71 bits per heavy atom. The topological polar surface area (TPSA) is 88.5 Å². The van der Waals surface area contributed by atoms with Gasteiger partial charge in [0.1, 0.15) is 11.5 Å². The highest BCUT2D eigenvalue weighted by atomic mass is 16.5. The second-order valence-corrected chi connectivity index (χ2v) is 8.64. The minimum absolute atomic E-state index is 0.0422. The molecule has 1 saturated heterocycles. The summed E-state index contributed by atoms with van der Waals surface area (Å²) < 4.78 is 16.5. The number of rotatable bonds is 11. The summed E-state index contributed by atoms with van der Waals surface area (Å²) in [6, 6.07) is 11.3. The van der Waals surface area contributed by atoms with Crippen molar-refractivity contribution in [2.24, 2.45) is 0 Å². The van der Waals surface area contributed by atoms with Gasteiger partial charge in [-0.3, -0.25) is 9.59 Å². The van der Waals surface area contributed by atoms with E-state index in [1.807, 2.05) is 19.0 Å². The average molecular weight is 483 g/mol. The zero-order chi connectivity index (χ0) is 25.5. The van der Waals surface area contributed by atoms with Gasteiger partial charge in [0.15, 0.2) is 11.5 Å². The van der Waals surface area contributed by atoms with Gasteiger partial charge in [0, 0.05) is 18.7 Å². The van der Waals surface area contributed by atoms with Crippen LogP contribution >= 0.6 is 0 Å². The number of aliphatic hydroxyl groups is 1. The maximum atomic E-state index is 13.2. The summed E-state index contributed by atoms with van der Waals surface area (Å²) in [6.07, 6.45) is 1.98. The highest BCUT2D eigenvalue weighted by Gasteiger charge is 2.46. The van der Waals surface area contributed by atoms with Crippen molar-refractivity contribution < 1.29 is 28.9 Å². The molecule has 188 valence electrons. The molecule has 2 aromatic rings. The van der Waals surface area contributed by atoms with Crippen molar-refractivity contribution in [3.8, 4) is 17.2 Å². The SMILES string of the molecule is CCCCOc1ccc(/C(O)=C2\C(=O)C(=O)N(CCN(C)C)[C@@H]2c2ccc(OC)c(OC)c2)cc1. The predicted octanol–water partition coefficient (Wildman–Crippen LogP) is 3.87. The third-order valence-electron chi connectivity index (χ3n) is 5.95. The molecule has 0 bridgehead atoms. The van der Waals surface area contributed by atoms with E-state index in [0.29, 0.717) is 48.1 Å². The Hall–Kier alpha value is -3.52. The molecule has 1 amide bonds. The molecule has 1 aliphatic rings. The Kier molecular flexibility index (Phi) is 8.76. The van der Waals surface area contributed by atoms with Crippen molar-refractivity contribution in [3.63, 3.8) is 0 Å². The Labute approximate surface area is 206 Å². The van der Waals surface area contributed by atoms with Crippen LogP contribution in [-0.2, 0) is 9.59 Å². The first-order valence-corrected chi connectivity index (χ1v) is 11.7. The van der Waals surface area contributed by atoms with E-state index in [0.717, 1.165) is 12.8 Å². The maximum Gasteiger partial charge on any atom is 0.295 e. The highest BCUT2D eigenvalue weighted by molar-refractivity contribution is 6.46. The highest BCUT2D eigenvalue weighted by Crippen LogP contribution is 2.42. The maximum absolute atomic E-state index is 13.2. The summed E-state index contributed by atoms with van der Waals surface area (Å²) in [5, 5.41) is 11.2. The molecule has 0 aromatic heterocycles. The minimum atomic E-state index is -0.768. The second kappa shape index (κ2) is 11.8. The van der Waals surface area contributed by atoms with Crippen molar-refractivity contribution in [2.75, 3.05) is 48.0 Å². The van der Waals surface area contributed by atoms with Gasteiger partial charge in [-0.15, -0.1) is 0 Å². The van der Waals surface area contributed by atoms with Gasteiger partial charge in [-0.1, -0.05) is 19.4 Å². The van der Waals surface area contributed by atoms with E-state index in [4.69, 9.17) is 14.2 Å². The van der Waals surface area contributed by atoms with Crippen molar-refractivity contribution >= 4 is 17.4 Å². The van der Waals surface area contributed by atoms with E-state index in [-0.39, 0.29) is 11.3 Å². The largest absolute Gasteiger partial charge is 0.507 e. The monoisotopic (exact) mass is 482 g/mol. The molecule has 0 saturated carbocycles. The van der Waals surface area contributed by atoms with Crippen molar-refractivity contribution in [1.29, 1.82) is 0 Å². The number of hydrogen-bond acceptors (Lipinski definition) is 7. The van der Waals surface area contributed by atoms with Crippen LogP contribution in [0, 0.1) is 0 Å². The number of nitrogens with zero attached hydrogens (tertiary/aromatic N) is 2. The lowest BCUT2D eigenvalue weighted by Gasteiger charge is -2.27. The minimum Gasteiger partial charge on any atom is -0.507 e. The summed E-state index contributed by atoms with van der Waals surface area (Å²) in [5.41, 5.74) is 1.12. The molecule has 0 radical (unpaired) electrons. The molecule has 8 nitrogen and oxygen atoms in total. The van der Waals surface area contributed by atoms with E-state index in [1.165, 1.54) is 19.1 Å². The molecule has 0 unspecified atom stereocenters. The fourth-order valence-corrected chi connectivity index (χ4v) is 3.99. The zero-order valence-electron chi connectivity index (χ0n) is 21.0. The molecular formula is C27H34N2O6. The van der Waals surface area contributed by atoms with E-state index in [1.54, 1.807) is 42.5 Å². The number of Topliss-reactive ketones (excluding diaryl/α,β-unsaturated/α-hetero) is 1. The number of carbonyl (C=O) groups excluding carboxylic acids is 2. The fraction of sp³-hybridized carbons (Fsp3) is 0.407. The third-order valence-corrected chi connectivity index (χ3v) is 5.95. The first-order valence-electron chi connectivity index (χ1n) is 11.7. The van der Waals surface area contributed by atoms with Crippen LogP contribution in [-0.4, -0.2) is 74.6 Å². The van der Waals surface area contributed by atoms with E-state index < -0.39 is 17.7 Å². The normalized spacial score (nSPS) is 17.2. The van der Waals surface area contributed by atoms with Crippen LogP contribution in [0.15, 0.2) is 48.0 Å². The Morgan fingerprint density at radius 1 is 1.03 bits per heavy atom. The van der Waals surface area contributed by atoms with Gasteiger partial charge in [-0.2, -0.15) is 0 Å². The Morgan fingerprint density at radius 3 is 2.31 bits per heavy atom. The number of ketones is 1. The van der Waals surface area contributed by atoms with Crippen LogP contribution in [0.2, 0.25) is 0 Å². The van der Waals surface area contributed by atoms with Gasteiger partial charge in [0.25, 0.3) is 11.7 Å². The smallest absolute Gasteiger partial charge is 0.295 e. The quantitative estimate of drug-likeness (QED) is 0.225. The number of methoxy groups -OCH3 is 2. The summed E-state index contributed by atoms with van der Waals surface area (Å²) in [5.74, 6) is 0.0856. The van der Waals surface area contributed by atoms with Crippen molar-refractivity contribution in [3.05, 3.63) is 59.2 Å². The summed E-state index contributed by atoms with van der Waals surface area (Å²) in [4.78, 5) is 29.7. The van der Waals surface area contributed by atoms with Crippen molar-refractivity contribution in [2.45, 2.75) is 25.8 Å². The van der Waals surface area contributed by atoms with Crippen LogP contribution in [0.4, 0.5) is 0 Å².